The molecule has 1 amide bonds. The molecule has 1 aromatic carbocycles. The average Bonchev–Trinajstić information content (AvgIpc) is 2.99. The third-order valence-electron chi connectivity index (χ3n) is 4.70. The molecule has 0 bridgehead atoms. The Hall–Kier alpha value is -3.00. The molecule has 0 spiro atoms. The Morgan fingerprint density at radius 2 is 1.86 bits per heavy atom. The van der Waals surface area contributed by atoms with Gasteiger partial charge in [0.1, 0.15) is 16.2 Å². The Kier molecular flexibility index (Phi) is 5.57. The standard InChI is InChI=1S/C21H23N3O4S/c1-6-28-20(27)21(4,5)24-13(3)22-18-15(19(24)26)12(2)16(29-18)17(25)23-14-10-8-7-9-11-14/h7-11H,6H2,1-5H3,(H,23,25). The zero-order valence-electron chi connectivity index (χ0n) is 17.0. The Balaban J connectivity index is 2.12. The number of ether oxygens (including phenoxy) is 1. The fourth-order valence-corrected chi connectivity index (χ4v) is 4.38. The maximum absolute atomic E-state index is 13.3. The molecule has 7 nitrogen and oxygen atoms in total. The Morgan fingerprint density at radius 3 is 2.48 bits per heavy atom. The van der Waals surface area contributed by atoms with Crippen molar-refractivity contribution < 1.29 is 14.3 Å². The van der Waals surface area contributed by atoms with E-state index in [0.29, 0.717) is 32.2 Å². The van der Waals surface area contributed by atoms with Crippen molar-refractivity contribution in [3.8, 4) is 0 Å². The van der Waals surface area contributed by atoms with Crippen LogP contribution in [0.1, 0.15) is 41.8 Å². The predicted molar refractivity (Wildman–Crippen MR) is 114 cm³/mol. The van der Waals surface area contributed by atoms with Gasteiger partial charge in [-0.25, -0.2) is 9.78 Å². The molecule has 0 fully saturated rings. The normalized spacial score (nSPS) is 11.5. The van der Waals surface area contributed by atoms with E-state index in [1.165, 1.54) is 4.57 Å². The van der Waals surface area contributed by atoms with Crippen LogP contribution in [0.25, 0.3) is 10.2 Å². The number of rotatable bonds is 5. The van der Waals surface area contributed by atoms with Crippen molar-refractivity contribution in [2.24, 2.45) is 0 Å². The van der Waals surface area contributed by atoms with Crippen molar-refractivity contribution in [3.05, 3.63) is 57.0 Å². The molecule has 2 aromatic heterocycles. The first-order valence-electron chi connectivity index (χ1n) is 9.25. The van der Waals surface area contributed by atoms with E-state index in [0.717, 1.165) is 11.3 Å². The quantitative estimate of drug-likeness (QED) is 0.645. The Labute approximate surface area is 172 Å². The molecule has 8 heteroatoms. The van der Waals surface area contributed by atoms with Gasteiger partial charge in [-0.2, -0.15) is 0 Å². The molecule has 3 aromatic rings. The fraction of sp³-hybridized carbons (Fsp3) is 0.333. The minimum atomic E-state index is -1.22. The minimum Gasteiger partial charge on any atom is -0.464 e. The van der Waals surface area contributed by atoms with Gasteiger partial charge < -0.3 is 10.1 Å². The summed E-state index contributed by atoms with van der Waals surface area (Å²) in [5.74, 6) is -0.428. The number of amides is 1. The molecule has 0 aliphatic rings. The number of para-hydroxylation sites is 1. The van der Waals surface area contributed by atoms with Crippen LogP contribution in [0.15, 0.2) is 35.1 Å². The van der Waals surface area contributed by atoms with Crippen molar-refractivity contribution >= 4 is 39.1 Å². The Morgan fingerprint density at radius 1 is 1.21 bits per heavy atom. The van der Waals surface area contributed by atoms with Crippen LogP contribution in [0.3, 0.4) is 0 Å². The predicted octanol–water partition coefficient (Wildman–Crippen LogP) is 3.63. The third-order valence-corrected chi connectivity index (χ3v) is 5.89. The highest BCUT2D eigenvalue weighted by atomic mass is 32.1. The van der Waals surface area contributed by atoms with Crippen LogP contribution in [0.2, 0.25) is 0 Å². The molecular weight excluding hydrogens is 390 g/mol. The molecule has 29 heavy (non-hydrogen) atoms. The lowest BCUT2D eigenvalue weighted by molar-refractivity contribution is -0.152. The summed E-state index contributed by atoms with van der Waals surface area (Å²) in [4.78, 5) is 43.9. The highest BCUT2D eigenvalue weighted by Gasteiger charge is 2.35. The summed E-state index contributed by atoms with van der Waals surface area (Å²) in [7, 11) is 0. The number of aromatic nitrogens is 2. The van der Waals surface area contributed by atoms with Crippen molar-refractivity contribution in [3.63, 3.8) is 0 Å². The number of aryl methyl sites for hydroxylation is 2. The second kappa shape index (κ2) is 7.79. The highest BCUT2D eigenvalue weighted by Crippen LogP contribution is 2.29. The summed E-state index contributed by atoms with van der Waals surface area (Å²) in [5, 5.41) is 3.18. The molecule has 152 valence electrons. The van der Waals surface area contributed by atoms with Crippen LogP contribution < -0.4 is 10.9 Å². The van der Waals surface area contributed by atoms with Crippen LogP contribution >= 0.6 is 11.3 Å². The van der Waals surface area contributed by atoms with Crippen LogP contribution in [-0.2, 0) is 15.1 Å². The number of anilines is 1. The van der Waals surface area contributed by atoms with Gasteiger partial charge >= 0.3 is 5.97 Å². The largest absolute Gasteiger partial charge is 0.464 e. The molecule has 1 N–H and O–H groups in total. The molecule has 0 radical (unpaired) electrons. The lowest BCUT2D eigenvalue weighted by Crippen LogP contribution is -2.45. The number of hydrogen-bond acceptors (Lipinski definition) is 6. The van der Waals surface area contributed by atoms with E-state index in [2.05, 4.69) is 10.3 Å². The lowest BCUT2D eigenvalue weighted by atomic mass is 10.0. The van der Waals surface area contributed by atoms with Crippen LogP contribution in [0.5, 0.6) is 0 Å². The molecular formula is C21H23N3O4S. The molecule has 0 saturated heterocycles. The first kappa shape index (κ1) is 20.7. The number of benzene rings is 1. The van der Waals surface area contributed by atoms with Gasteiger partial charge in [0.15, 0.2) is 0 Å². The van der Waals surface area contributed by atoms with Crippen molar-refractivity contribution in [1.29, 1.82) is 0 Å². The summed E-state index contributed by atoms with van der Waals surface area (Å²) in [5.41, 5.74) is -0.374. The molecule has 0 aliphatic heterocycles. The first-order valence-corrected chi connectivity index (χ1v) is 10.1. The lowest BCUT2D eigenvalue weighted by Gasteiger charge is -2.26. The Bertz CT molecular complexity index is 1150. The van der Waals surface area contributed by atoms with Gasteiger partial charge in [0, 0.05) is 5.69 Å². The second-order valence-corrected chi connectivity index (χ2v) is 8.13. The number of hydrogen-bond donors (Lipinski definition) is 1. The summed E-state index contributed by atoms with van der Waals surface area (Å²) in [6.45, 7) is 8.56. The number of thiophene rings is 1. The summed E-state index contributed by atoms with van der Waals surface area (Å²) in [6, 6.07) is 9.10. The van der Waals surface area contributed by atoms with E-state index in [-0.39, 0.29) is 18.1 Å². The molecule has 0 aliphatic carbocycles. The maximum Gasteiger partial charge on any atom is 0.331 e. The number of esters is 1. The summed E-state index contributed by atoms with van der Waals surface area (Å²) in [6.07, 6.45) is 0. The fourth-order valence-electron chi connectivity index (χ4n) is 3.27. The molecule has 0 saturated carbocycles. The smallest absolute Gasteiger partial charge is 0.331 e. The second-order valence-electron chi connectivity index (χ2n) is 7.14. The third kappa shape index (κ3) is 3.67. The molecule has 3 rings (SSSR count). The number of nitrogens with zero attached hydrogens (tertiary/aromatic N) is 2. The molecule has 2 heterocycles. The SMILES string of the molecule is CCOC(=O)C(C)(C)n1c(C)nc2sc(C(=O)Nc3ccccc3)c(C)c2c1=O. The minimum absolute atomic E-state index is 0.215. The monoisotopic (exact) mass is 413 g/mol. The number of carbonyl (C=O) groups excluding carboxylic acids is 2. The van der Waals surface area contributed by atoms with Gasteiger partial charge in [-0.05, 0) is 52.3 Å². The first-order chi connectivity index (χ1) is 13.7. The molecule has 0 atom stereocenters. The highest BCUT2D eigenvalue weighted by molar-refractivity contribution is 7.20. The van der Waals surface area contributed by atoms with E-state index in [9.17, 15) is 14.4 Å². The van der Waals surface area contributed by atoms with Crippen molar-refractivity contribution in [1.82, 2.24) is 9.55 Å². The average molecular weight is 413 g/mol. The number of nitrogens with one attached hydrogen (secondary N) is 1. The van der Waals surface area contributed by atoms with Crippen molar-refractivity contribution in [2.45, 2.75) is 40.2 Å². The van der Waals surface area contributed by atoms with Gasteiger partial charge in [-0.3, -0.25) is 14.2 Å². The zero-order chi connectivity index (χ0) is 21.3. The van der Waals surface area contributed by atoms with Gasteiger partial charge in [-0.15, -0.1) is 11.3 Å². The maximum atomic E-state index is 13.3. The van der Waals surface area contributed by atoms with E-state index in [1.807, 2.05) is 18.2 Å². The van der Waals surface area contributed by atoms with Gasteiger partial charge in [0.2, 0.25) is 0 Å². The molecule has 0 unspecified atom stereocenters. The van der Waals surface area contributed by atoms with E-state index >= 15 is 0 Å². The van der Waals surface area contributed by atoms with Gasteiger partial charge in [-0.1, -0.05) is 18.2 Å². The summed E-state index contributed by atoms with van der Waals surface area (Å²) < 4.78 is 6.47. The van der Waals surface area contributed by atoms with E-state index < -0.39 is 11.5 Å². The van der Waals surface area contributed by atoms with Crippen LogP contribution in [-0.4, -0.2) is 28.0 Å². The van der Waals surface area contributed by atoms with Gasteiger partial charge in [0.25, 0.3) is 11.5 Å². The van der Waals surface area contributed by atoms with Gasteiger partial charge in [0.05, 0.1) is 16.9 Å². The number of fused-ring (bicyclic) bond motifs is 1. The van der Waals surface area contributed by atoms with E-state index in [4.69, 9.17) is 4.74 Å². The van der Waals surface area contributed by atoms with Crippen LogP contribution in [0.4, 0.5) is 5.69 Å². The zero-order valence-corrected chi connectivity index (χ0v) is 17.8. The topological polar surface area (TPSA) is 90.3 Å². The van der Waals surface area contributed by atoms with Crippen molar-refractivity contribution in [2.75, 3.05) is 11.9 Å². The van der Waals surface area contributed by atoms with E-state index in [1.54, 1.807) is 46.8 Å². The number of carbonyl (C=O) groups is 2. The van der Waals surface area contributed by atoms with Crippen LogP contribution in [0, 0.1) is 13.8 Å². The summed E-state index contributed by atoms with van der Waals surface area (Å²) >= 11 is 1.16.